The van der Waals surface area contributed by atoms with Gasteiger partial charge in [-0.3, -0.25) is 9.69 Å². The van der Waals surface area contributed by atoms with Crippen molar-refractivity contribution in [3.05, 3.63) is 0 Å². The number of nitrogens with zero attached hydrogens (tertiary/aromatic N) is 2. The van der Waals surface area contributed by atoms with Gasteiger partial charge in [-0.25, -0.2) is 0 Å². The van der Waals surface area contributed by atoms with Crippen LogP contribution in [0.4, 0.5) is 0 Å². The summed E-state index contributed by atoms with van der Waals surface area (Å²) in [5, 5.41) is 3.26. The van der Waals surface area contributed by atoms with Crippen LogP contribution in [0.3, 0.4) is 0 Å². The van der Waals surface area contributed by atoms with Crippen LogP contribution < -0.4 is 5.32 Å². The molecule has 2 saturated heterocycles. The van der Waals surface area contributed by atoms with Crippen molar-refractivity contribution in [2.75, 3.05) is 39.8 Å². The summed E-state index contributed by atoms with van der Waals surface area (Å²) in [5.74, 6) is 1.41. The minimum atomic E-state index is 0.0960. The van der Waals surface area contributed by atoms with Crippen LogP contribution in [-0.2, 0) is 4.79 Å². The summed E-state index contributed by atoms with van der Waals surface area (Å²) in [6, 6.07) is 0.0960. The van der Waals surface area contributed by atoms with Gasteiger partial charge >= 0.3 is 0 Å². The Hall–Kier alpha value is -0.610. The standard InChI is InChI=1S/C17H33N3O/c1-14(2)16(19-9-5-4-6-10-19)17(21)20-11-7-8-15(13-20)12-18-3/h14-16,18H,4-13H2,1-3H3. The van der Waals surface area contributed by atoms with Crippen molar-refractivity contribution in [2.45, 2.75) is 52.0 Å². The Morgan fingerprint density at radius 2 is 1.86 bits per heavy atom. The minimum absolute atomic E-state index is 0.0960. The van der Waals surface area contributed by atoms with Crippen molar-refractivity contribution < 1.29 is 4.79 Å². The van der Waals surface area contributed by atoms with Crippen molar-refractivity contribution in [2.24, 2.45) is 11.8 Å². The van der Waals surface area contributed by atoms with Crippen molar-refractivity contribution in [3.8, 4) is 0 Å². The molecule has 2 aliphatic rings. The molecule has 0 aromatic rings. The van der Waals surface area contributed by atoms with E-state index in [1.165, 1.54) is 25.7 Å². The van der Waals surface area contributed by atoms with Gasteiger partial charge in [-0.15, -0.1) is 0 Å². The van der Waals surface area contributed by atoms with E-state index in [1.54, 1.807) is 0 Å². The number of hydrogen-bond donors (Lipinski definition) is 1. The van der Waals surface area contributed by atoms with Crippen molar-refractivity contribution in [3.63, 3.8) is 0 Å². The van der Waals surface area contributed by atoms with Gasteiger partial charge in [-0.05, 0) is 64.2 Å². The highest BCUT2D eigenvalue weighted by Gasteiger charge is 2.34. The van der Waals surface area contributed by atoms with Crippen LogP contribution in [0, 0.1) is 11.8 Å². The van der Waals surface area contributed by atoms with Crippen LogP contribution in [0.5, 0.6) is 0 Å². The molecule has 0 aliphatic carbocycles. The van der Waals surface area contributed by atoms with E-state index in [0.717, 1.165) is 39.1 Å². The van der Waals surface area contributed by atoms with Crippen LogP contribution in [-0.4, -0.2) is 61.5 Å². The Kier molecular flexibility index (Phi) is 6.49. The van der Waals surface area contributed by atoms with Gasteiger partial charge in [0.1, 0.15) is 0 Å². The first-order valence-electron chi connectivity index (χ1n) is 8.81. The highest BCUT2D eigenvalue weighted by Crippen LogP contribution is 2.23. The van der Waals surface area contributed by atoms with Gasteiger partial charge in [0.25, 0.3) is 0 Å². The Labute approximate surface area is 130 Å². The second kappa shape index (κ2) is 8.14. The number of nitrogens with one attached hydrogen (secondary N) is 1. The van der Waals surface area contributed by atoms with E-state index >= 15 is 0 Å². The third-order valence-corrected chi connectivity index (χ3v) is 4.99. The fraction of sp³-hybridized carbons (Fsp3) is 0.941. The molecule has 122 valence electrons. The van der Waals surface area contributed by atoms with Crippen LogP contribution in [0.1, 0.15) is 46.0 Å². The summed E-state index contributed by atoms with van der Waals surface area (Å²) < 4.78 is 0. The number of rotatable bonds is 5. The number of amides is 1. The lowest BCUT2D eigenvalue weighted by atomic mass is 9.94. The predicted molar refractivity (Wildman–Crippen MR) is 87.3 cm³/mol. The van der Waals surface area contributed by atoms with Gasteiger partial charge in [0.2, 0.25) is 5.91 Å². The molecule has 2 unspecified atom stereocenters. The molecule has 2 aliphatic heterocycles. The molecule has 1 N–H and O–H groups in total. The van der Waals surface area contributed by atoms with Crippen molar-refractivity contribution in [1.82, 2.24) is 15.1 Å². The van der Waals surface area contributed by atoms with Gasteiger partial charge in [0.05, 0.1) is 6.04 Å². The molecule has 2 rings (SSSR count). The molecule has 21 heavy (non-hydrogen) atoms. The quantitative estimate of drug-likeness (QED) is 0.842. The third kappa shape index (κ3) is 4.43. The topological polar surface area (TPSA) is 35.6 Å². The van der Waals surface area contributed by atoms with Crippen LogP contribution in [0.2, 0.25) is 0 Å². The predicted octanol–water partition coefficient (Wildman–Crippen LogP) is 1.95. The molecule has 0 saturated carbocycles. The second-order valence-corrected chi connectivity index (χ2v) is 7.14. The average Bonchev–Trinajstić information content (AvgIpc) is 2.49. The molecule has 2 fully saturated rings. The largest absolute Gasteiger partial charge is 0.341 e. The lowest BCUT2D eigenvalue weighted by Crippen LogP contribution is -2.55. The van der Waals surface area contributed by atoms with E-state index in [-0.39, 0.29) is 6.04 Å². The number of carbonyl (C=O) groups is 1. The Morgan fingerprint density at radius 1 is 1.14 bits per heavy atom. The molecule has 2 heterocycles. The van der Waals surface area contributed by atoms with Gasteiger partial charge < -0.3 is 10.2 Å². The van der Waals surface area contributed by atoms with Crippen molar-refractivity contribution >= 4 is 5.91 Å². The Bertz CT molecular complexity index is 324. The minimum Gasteiger partial charge on any atom is -0.341 e. The molecule has 0 aromatic carbocycles. The fourth-order valence-corrected chi connectivity index (χ4v) is 3.97. The second-order valence-electron chi connectivity index (χ2n) is 7.14. The first-order valence-corrected chi connectivity index (χ1v) is 8.81. The molecule has 0 radical (unpaired) electrons. The molecule has 1 amide bonds. The summed E-state index contributed by atoms with van der Waals surface area (Å²) in [6.45, 7) is 9.52. The van der Waals surface area contributed by atoms with Crippen LogP contribution in [0.15, 0.2) is 0 Å². The Balaban J connectivity index is 2.00. The van der Waals surface area contributed by atoms with E-state index in [0.29, 0.717) is 17.7 Å². The van der Waals surface area contributed by atoms with E-state index in [9.17, 15) is 4.79 Å². The zero-order valence-electron chi connectivity index (χ0n) is 14.1. The maximum Gasteiger partial charge on any atom is 0.240 e. The Morgan fingerprint density at radius 3 is 2.48 bits per heavy atom. The number of hydrogen-bond acceptors (Lipinski definition) is 3. The van der Waals surface area contributed by atoms with E-state index in [1.807, 2.05) is 7.05 Å². The summed E-state index contributed by atoms with van der Waals surface area (Å²) in [7, 11) is 2.01. The molecule has 4 heteroatoms. The molecule has 0 aromatic heterocycles. The van der Waals surface area contributed by atoms with Gasteiger partial charge in [0, 0.05) is 13.1 Å². The third-order valence-electron chi connectivity index (χ3n) is 4.99. The summed E-state index contributed by atoms with van der Waals surface area (Å²) in [6.07, 6.45) is 6.23. The highest BCUT2D eigenvalue weighted by atomic mass is 16.2. The first kappa shape index (κ1) is 16.8. The molecule has 4 nitrogen and oxygen atoms in total. The summed E-state index contributed by atoms with van der Waals surface area (Å²) in [4.78, 5) is 17.6. The molecule has 2 atom stereocenters. The highest BCUT2D eigenvalue weighted by molar-refractivity contribution is 5.82. The SMILES string of the molecule is CNCC1CCCN(C(=O)C(C(C)C)N2CCCCC2)C1. The van der Waals surface area contributed by atoms with E-state index in [4.69, 9.17) is 0 Å². The number of piperidine rings is 2. The monoisotopic (exact) mass is 295 g/mol. The van der Waals surface area contributed by atoms with Gasteiger partial charge in [-0.2, -0.15) is 0 Å². The van der Waals surface area contributed by atoms with E-state index < -0.39 is 0 Å². The molecular formula is C17H33N3O. The summed E-state index contributed by atoms with van der Waals surface area (Å²) in [5.41, 5.74) is 0. The lowest BCUT2D eigenvalue weighted by Gasteiger charge is -2.41. The van der Waals surface area contributed by atoms with Gasteiger partial charge in [-0.1, -0.05) is 20.3 Å². The smallest absolute Gasteiger partial charge is 0.240 e. The van der Waals surface area contributed by atoms with Crippen molar-refractivity contribution in [1.29, 1.82) is 0 Å². The van der Waals surface area contributed by atoms with E-state index in [2.05, 4.69) is 29.0 Å². The normalized spacial score (nSPS) is 26.1. The first-order chi connectivity index (χ1) is 10.1. The lowest BCUT2D eigenvalue weighted by molar-refractivity contribution is -0.141. The number of carbonyl (C=O) groups excluding carboxylic acids is 1. The zero-order valence-corrected chi connectivity index (χ0v) is 14.1. The zero-order chi connectivity index (χ0) is 15.2. The van der Waals surface area contributed by atoms with Crippen LogP contribution >= 0.6 is 0 Å². The number of likely N-dealkylation sites (tertiary alicyclic amines) is 2. The maximum absolute atomic E-state index is 13.1. The van der Waals surface area contributed by atoms with Gasteiger partial charge in [0.15, 0.2) is 0 Å². The van der Waals surface area contributed by atoms with Crippen LogP contribution in [0.25, 0.3) is 0 Å². The fourth-order valence-electron chi connectivity index (χ4n) is 3.97. The molecular weight excluding hydrogens is 262 g/mol. The average molecular weight is 295 g/mol. The summed E-state index contributed by atoms with van der Waals surface area (Å²) >= 11 is 0. The molecule has 0 bridgehead atoms. The molecule has 0 spiro atoms. The maximum atomic E-state index is 13.1.